The first kappa shape index (κ1) is 18.0. The highest BCUT2D eigenvalue weighted by molar-refractivity contribution is 6.31. The Morgan fingerprint density at radius 3 is 2.92 bits per heavy atom. The molecule has 25 heavy (non-hydrogen) atoms. The molecule has 5 nitrogen and oxygen atoms in total. The normalized spacial score (nSPS) is 18.3. The zero-order valence-corrected chi connectivity index (χ0v) is 15.7. The number of methoxy groups -OCH3 is 1. The van der Waals surface area contributed by atoms with Crippen LogP contribution in [0.5, 0.6) is 5.75 Å². The fraction of sp³-hybridized carbons (Fsp3) is 0.474. The van der Waals surface area contributed by atoms with Gasteiger partial charge in [-0.1, -0.05) is 11.6 Å². The monoisotopic (exact) mass is 361 g/mol. The van der Waals surface area contributed by atoms with E-state index >= 15 is 0 Å². The van der Waals surface area contributed by atoms with E-state index in [0.29, 0.717) is 16.3 Å². The van der Waals surface area contributed by atoms with Gasteiger partial charge in [0.1, 0.15) is 5.75 Å². The van der Waals surface area contributed by atoms with Crippen molar-refractivity contribution in [2.45, 2.75) is 26.3 Å². The molecule has 0 spiro atoms. The lowest BCUT2D eigenvalue weighted by atomic mass is 9.89. The molecule has 1 aliphatic rings. The van der Waals surface area contributed by atoms with E-state index in [9.17, 15) is 4.79 Å². The van der Waals surface area contributed by atoms with Crippen LogP contribution in [0.3, 0.4) is 0 Å². The van der Waals surface area contributed by atoms with Gasteiger partial charge in [-0.3, -0.25) is 14.4 Å². The van der Waals surface area contributed by atoms with Crippen molar-refractivity contribution < 1.29 is 9.53 Å². The third-order valence-corrected chi connectivity index (χ3v) is 5.27. The molecule has 0 N–H and O–H groups in total. The number of benzene rings is 1. The summed E-state index contributed by atoms with van der Waals surface area (Å²) < 4.78 is 7.24. The molecule has 134 valence electrons. The quantitative estimate of drug-likeness (QED) is 0.765. The lowest BCUT2D eigenvalue weighted by Gasteiger charge is -2.32. The van der Waals surface area contributed by atoms with Crippen LogP contribution >= 0.6 is 11.6 Å². The number of rotatable bonds is 5. The minimum absolute atomic E-state index is 0.0295. The molecule has 0 amide bonds. The van der Waals surface area contributed by atoms with E-state index in [0.717, 1.165) is 32.5 Å². The molecule has 6 heteroatoms. The summed E-state index contributed by atoms with van der Waals surface area (Å²) in [6.45, 7) is 4.66. The van der Waals surface area contributed by atoms with Crippen molar-refractivity contribution >= 4 is 17.4 Å². The van der Waals surface area contributed by atoms with Crippen molar-refractivity contribution in [3.8, 4) is 5.75 Å². The van der Waals surface area contributed by atoms with Crippen LogP contribution in [0.2, 0.25) is 5.02 Å². The molecule has 1 aliphatic heterocycles. The van der Waals surface area contributed by atoms with E-state index in [1.54, 1.807) is 25.3 Å². The number of ketones is 1. The van der Waals surface area contributed by atoms with E-state index < -0.39 is 0 Å². The Morgan fingerprint density at radius 1 is 1.44 bits per heavy atom. The summed E-state index contributed by atoms with van der Waals surface area (Å²) in [4.78, 5) is 15.4. The molecule has 3 rings (SSSR count). The van der Waals surface area contributed by atoms with Crippen LogP contribution in [0.15, 0.2) is 24.4 Å². The molecule has 0 aliphatic carbocycles. The summed E-state index contributed by atoms with van der Waals surface area (Å²) in [5.41, 5.74) is 2.97. The number of halogens is 1. The summed E-state index contributed by atoms with van der Waals surface area (Å²) in [6, 6.07) is 5.22. The first-order valence-corrected chi connectivity index (χ1v) is 8.95. The van der Waals surface area contributed by atoms with Crippen LogP contribution in [0, 0.1) is 12.8 Å². The van der Waals surface area contributed by atoms with Crippen LogP contribution in [0.4, 0.5) is 0 Å². The number of Topliss-reactive ketones (excluding diaryl/α,β-unsaturated/α-hetero) is 1. The third kappa shape index (κ3) is 3.88. The summed E-state index contributed by atoms with van der Waals surface area (Å²) in [5.74, 6) is 0.680. The van der Waals surface area contributed by atoms with Gasteiger partial charge in [-0.2, -0.15) is 5.10 Å². The molecule has 2 heterocycles. The summed E-state index contributed by atoms with van der Waals surface area (Å²) >= 11 is 6.09. The van der Waals surface area contributed by atoms with Crippen LogP contribution in [0.25, 0.3) is 0 Å². The molecule has 2 aromatic rings. The van der Waals surface area contributed by atoms with Gasteiger partial charge in [0.05, 0.1) is 18.9 Å². The Labute approximate surface area is 153 Å². The fourth-order valence-electron chi connectivity index (χ4n) is 3.45. The molecule has 0 bridgehead atoms. The first-order valence-electron chi connectivity index (χ1n) is 8.57. The molecule has 1 saturated heterocycles. The zero-order chi connectivity index (χ0) is 18.0. The Balaban J connectivity index is 1.74. The van der Waals surface area contributed by atoms with Gasteiger partial charge < -0.3 is 4.74 Å². The van der Waals surface area contributed by atoms with Crippen LogP contribution in [0.1, 0.15) is 34.5 Å². The average molecular weight is 362 g/mol. The second kappa shape index (κ2) is 7.58. The van der Waals surface area contributed by atoms with Crippen LogP contribution in [-0.2, 0) is 13.6 Å². The smallest absolute Gasteiger partial charge is 0.170 e. The molecular weight excluding hydrogens is 338 g/mol. The molecule has 1 aromatic heterocycles. The van der Waals surface area contributed by atoms with Crippen molar-refractivity contribution in [1.82, 2.24) is 14.7 Å². The van der Waals surface area contributed by atoms with Crippen molar-refractivity contribution in [3.63, 3.8) is 0 Å². The van der Waals surface area contributed by atoms with Crippen molar-refractivity contribution in [2.24, 2.45) is 13.0 Å². The highest BCUT2D eigenvalue weighted by Gasteiger charge is 2.28. The maximum absolute atomic E-state index is 13.0. The van der Waals surface area contributed by atoms with E-state index in [1.165, 1.54) is 11.3 Å². The topological polar surface area (TPSA) is 47.4 Å². The summed E-state index contributed by atoms with van der Waals surface area (Å²) in [6.07, 6.45) is 3.83. The number of hydrogen-bond acceptors (Lipinski definition) is 4. The largest absolute Gasteiger partial charge is 0.496 e. The van der Waals surface area contributed by atoms with Gasteiger partial charge in [-0.15, -0.1) is 0 Å². The zero-order valence-electron chi connectivity index (χ0n) is 15.0. The number of carbonyl (C=O) groups excluding carboxylic acids is 1. The maximum atomic E-state index is 13.0. The average Bonchev–Trinajstić information content (AvgIpc) is 2.93. The van der Waals surface area contributed by atoms with Gasteiger partial charge in [-0.05, 0) is 44.5 Å². The van der Waals surface area contributed by atoms with Gasteiger partial charge in [0.15, 0.2) is 5.78 Å². The van der Waals surface area contributed by atoms with E-state index in [1.807, 2.05) is 17.9 Å². The number of carbonyl (C=O) groups is 1. The minimum atomic E-state index is -0.0295. The summed E-state index contributed by atoms with van der Waals surface area (Å²) in [5, 5.41) is 4.87. The molecule has 1 fully saturated rings. The van der Waals surface area contributed by atoms with E-state index in [4.69, 9.17) is 16.3 Å². The van der Waals surface area contributed by atoms with Gasteiger partial charge in [0.25, 0.3) is 0 Å². The SMILES string of the molecule is COc1ccc(Cl)cc1C(=O)C1CCCN(Cc2cnn(C)c2C)C1. The Hall–Kier alpha value is -1.85. The first-order chi connectivity index (χ1) is 12.0. The lowest BCUT2D eigenvalue weighted by Crippen LogP contribution is -2.38. The van der Waals surface area contributed by atoms with Gasteiger partial charge >= 0.3 is 0 Å². The van der Waals surface area contributed by atoms with Gasteiger partial charge in [0, 0.05) is 42.3 Å². The standard InChI is InChI=1S/C19H24ClN3O2/c1-13-15(10-21-22(13)2)12-23-8-4-5-14(11-23)19(24)17-9-16(20)6-7-18(17)25-3/h6-7,9-10,14H,4-5,8,11-12H2,1-3H3. The molecule has 1 atom stereocenters. The number of ether oxygens (including phenoxy) is 1. The molecule has 1 unspecified atom stereocenters. The number of nitrogens with zero attached hydrogens (tertiary/aromatic N) is 3. The van der Waals surface area contributed by atoms with Crippen LogP contribution < -0.4 is 4.74 Å². The molecule has 0 saturated carbocycles. The van der Waals surface area contributed by atoms with E-state index in [2.05, 4.69) is 16.9 Å². The Kier molecular flexibility index (Phi) is 5.45. The highest BCUT2D eigenvalue weighted by atomic mass is 35.5. The fourth-order valence-corrected chi connectivity index (χ4v) is 3.62. The summed E-state index contributed by atoms with van der Waals surface area (Å²) in [7, 11) is 3.53. The number of aromatic nitrogens is 2. The number of likely N-dealkylation sites (tertiary alicyclic amines) is 1. The van der Waals surface area contributed by atoms with Crippen molar-refractivity contribution in [1.29, 1.82) is 0 Å². The van der Waals surface area contributed by atoms with Crippen molar-refractivity contribution in [2.75, 3.05) is 20.2 Å². The maximum Gasteiger partial charge on any atom is 0.170 e. The van der Waals surface area contributed by atoms with E-state index in [-0.39, 0.29) is 11.7 Å². The molecular formula is C19H24ClN3O2. The molecule has 0 radical (unpaired) electrons. The van der Waals surface area contributed by atoms with Gasteiger partial charge in [0.2, 0.25) is 0 Å². The number of hydrogen-bond donors (Lipinski definition) is 0. The second-order valence-corrected chi connectivity index (χ2v) is 7.10. The number of aryl methyl sites for hydroxylation is 1. The second-order valence-electron chi connectivity index (χ2n) is 6.66. The Bertz CT molecular complexity index is 772. The Morgan fingerprint density at radius 2 is 2.24 bits per heavy atom. The van der Waals surface area contributed by atoms with Crippen molar-refractivity contribution in [3.05, 3.63) is 46.2 Å². The van der Waals surface area contributed by atoms with Crippen LogP contribution in [-0.4, -0.2) is 40.7 Å². The molecule has 1 aromatic carbocycles. The highest BCUT2D eigenvalue weighted by Crippen LogP contribution is 2.29. The lowest BCUT2D eigenvalue weighted by molar-refractivity contribution is 0.0808. The number of piperidine rings is 1. The predicted octanol–water partition coefficient (Wildman–Crippen LogP) is 3.49. The third-order valence-electron chi connectivity index (χ3n) is 5.03. The minimum Gasteiger partial charge on any atom is -0.496 e. The van der Waals surface area contributed by atoms with Gasteiger partial charge in [-0.25, -0.2) is 0 Å². The predicted molar refractivity (Wildman–Crippen MR) is 98.3 cm³/mol.